The number of piperidine rings is 1. The van der Waals surface area contributed by atoms with Gasteiger partial charge in [0.05, 0.1) is 0 Å². The van der Waals surface area contributed by atoms with Crippen LogP contribution in [0.15, 0.2) is 60.7 Å². The van der Waals surface area contributed by atoms with Gasteiger partial charge in [-0.2, -0.15) is 0 Å². The quantitative estimate of drug-likeness (QED) is 0.371. The van der Waals surface area contributed by atoms with Crippen molar-refractivity contribution in [2.75, 3.05) is 6.54 Å². The molecular formula is C30H40N2OS2. The number of likely N-dealkylation sites (tertiary alicyclic amines) is 1. The van der Waals surface area contributed by atoms with Gasteiger partial charge in [-0.15, -0.1) is 0 Å². The number of hydrogen-bond donors (Lipinski definition) is 1. The first-order valence-electron chi connectivity index (χ1n) is 13.5. The maximum Gasteiger partial charge on any atom is 0.211 e. The van der Waals surface area contributed by atoms with Crippen molar-refractivity contribution in [3.8, 4) is 0 Å². The van der Waals surface area contributed by atoms with Gasteiger partial charge in [-0.25, -0.2) is 0 Å². The summed E-state index contributed by atoms with van der Waals surface area (Å²) in [4.78, 5) is 15.9. The maximum absolute atomic E-state index is 13.7. The van der Waals surface area contributed by atoms with E-state index in [1.807, 2.05) is 0 Å². The Morgan fingerprint density at radius 2 is 1.43 bits per heavy atom. The molecule has 0 radical (unpaired) electrons. The van der Waals surface area contributed by atoms with E-state index < -0.39 is 0 Å². The third kappa shape index (κ3) is 8.35. The zero-order valence-electron chi connectivity index (χ0n) is 20.9. The number of rotatable bonds is 9. The summed E-state index contributed by atoms with van der Waals surface area (Å²) >= 11 is 7.44. The Labute approximate surface area is 221 Å². The second kappa shape index (κ2) is 14.0. The molecule has 1 saturated heterocycles. The Morgan fingerprint density at radius 3 is 2.03 bits per heavy atom. The average Bonchev–Trinajstić information content (AvgIpc) is 2.92. The number of carbonyl (C=O) groups excluding carboxylic acids is 1. The first-order chi connectivity index (χ1) is 17.2. The molecule has 2 aromatic carbocycles. The van der Waals surface area contributed by atoms with Crippen LogP contribution in [0.3, 0.4) is 0 Å². The van der Waals surface area contributed by atoms with Crippen LogP contribution in [0.1, 0.15) is 75.3 Å². The van der Waals surface area contributed by atoms with E-state index in [1.165, 1.54) is 43.2 Å². The van der Waals surface area contributed by atoms with Crippen molar-refractivity contribution in [1.29, 1.82) is 0 Å². The van der Waals surface area contributed by atoms with E-state index >= 15 is 0 Å². The molecule has 4 rings (SSSR count). The van der Waals surface area contributed by atoms with Gasteiger partial charge >= 0.3 is 0 Å². The highest BCUT2D eigenvalue weighted by molar-refractivity contribution is 8.14. The molecule has 1 N–H and O–H groups in total. The normalized spacial score (nSPS) is 19.0. The molecule has 2 aliphatic rings. The molecule has 1 saturated carbocycles. The Bertz CT molecular complexity index is 871. The lowest BCUT2D eigenvalue weighted by Crippen LogP contribution is -2.53. The molecule has 1 atom stereocenters. The second-order valence-electron chi connectivity index (χ2n) is 10.1. The van der Waals surface area contributed by atoms with Crippen molar-refractivity contribution in [2.24, 2.45) is 0 Å². The van der Waals surface area contributed by atoms with Crippen LogP contribution >= 0.6 is 24.0 Å². The van der Waals surface area contributed by atoms with Gasteiger partial charge in [0.25, 0.3) is 0 Å². The van der Waals surface area contributed by atoms with Crippen LogP contribution in [-0.2, 0) is 17.6 Å². The second-order valence-corrected chi connectivity index (χ2v) is 11.8. The van der Waals surface area contributed by atoms with E-state index in [2.05, 4.69) is 70.9 Å². The number of carbonyl (C=O) groups is 1. The smallest absolute Gasteiger partial charge is 0.211 e. The Kier molecular flexibility index (Phi) is 10.5. The van der Waals surface area contributed by atoms with Gasteiger partial charge in [0.2, 0.25) is 5.12 Å². The number of thiocarbonyl (C=S) groups is 1. The Hall–Kier alpha value is -1.85. The standard InChI is InChI=1S/C30H40N2OS2/c33-29(28-18-10-11-23-32(28)30(34)31-26-16-8-3-9-17-26)35-27(21-19-24-12-4-1-5-13-24)22-20-25-14-6-2-7-15-25/h1-2,4-7,12-15,26-28H,3,8-11,16-23H2,(H,31,34). The summed E-state index contributed by atoms with van der Waals surface area (Å²) in [5.41, 5.74) is 2.70. The van der Waals surface area contributed by atoms with Gasteiger partial charge in [-0.1, -0.05) is 91.7 Å². The summed E-state index contributed by atoms with van der Waals surface area (Å²) < 4.78 is 0. The highest BCUT2D eigenvalue weighted by Gasteiger charge is 2.32. The molecule has 0 spiro atoms. The number of aryl methyl sites for hydroxylation is 2. The first-order valence-corrected chi connectivity index (χ1v) is 14.8. The van der Waals surface area contributed by atoms with Crippen molar-refractivity contribution < 1.29 is 4.79 Å². The molecule has 1 heterocycles. The molecule has 188 valence electrons. The van der Waals surface area contributed by atoms with Crippen molar-refractivity contribution in [1.82, 2.24) is 10.2 Å². The molecule has 1 aliphatic heterocycles. The van der Waals surface area contributed by atoms with E-state index in [-0.39, 0.29) is 6.04 Å². The van der Waals surface area contributed by atoms with Gasteiger partial charge < -0.3 is 10.2 Å². The number of benzene rings is 2. The fourth-order valence-corrected chi connectivity index (χ4v) is 6.96. The highest BCUT2D eigenvalue weighted by Crippen LogP contribution is 2.29. The average molecular weight is 509 g/mol. The van der Waals surface area contributed by atoms with Gasteiger partial charge in [-0.3, -0.25) is 4.79 Å². The van der Waals surface area contributed by atoms with Crippen molar-refractivity contribution in [2.45, 2.75) is 94.4 Å². The van der Waals surface area contributed by atoms with Gasteiger partial charge in [-0.05, 0) is 81.1 Å². The fraction of sp³-hybridized carbons (Fsp3) is 0.533. The van der Waals surface area contributed by atoms with E-state index in [4.69, 9.17) is 12.2 Å². The van der Waals surface area contributed by atoms with Crippen LogP contribution in [-0.4, -0.2) is 39.0 Å². The lowest BCUT2D eigenvalue weighted by atomic mass is 9.95. The summed E-state index contributed by atoms with van der Waals surface area (Å²) in [7, 11) is 0. The summed E-state index contributed by atoms with van der Waals surface area (Å²) in [6, 6.07) is 21.7. The Balaban J connectivity index is 1.38. The molecular weight excluding hydrogens is 468 g/mol. The lowest BCUT2D eigenvalue weighted by Gasteiger charge is -2.38. The lowest BCUT2D eigenvalue weighted by molar-refractivity contribution is -0.115. The van der Waals surface area contributed by atoms with Crippen LogP contribution in [0.25, 0.3) is 0 Å². The number of nitrogens with zero attached hydrogens (tertiary/aromatic N) is 1. The van der Waals surface area contributed by atoms with E-state index in [1.54, 1.807) is 11.8 Å². The van der Waals surface area contributed by atoms with Crippen molar-refractivity contribution in [3.05, 3.63) is 71.8 Å². The third-order valence-electron chi connectivity index (χ3n) is 7.45. The molecule has 2 aromatic rings. The summed E-state index contributed by atoms with van der Waals surface area (Å²) in [5.74, 6) is 0. The molecule has 3 nitrogen and oxygen atoms in total. The molecule has 0 aromatic heterocycles. The summed E-state index contributed by atoms with van der Waals surface area (Å²) in [5, 5.41) is 5.04. The van der Waals surface area contributed by atoms with Gasteiger partial charge in [0, 0.05) is 17.8 Å². The Morgan fingerprint density at radius 1 is 0.857 bits per heavy atom. The molecule has 2 fully saturated rings. The number of thioether (sulfide) groups is 1. The van der Waals surface area contributed by atoms with E-state index in [0.29, 0.717) is 16.4 Å². The monoisotopic (exact) mass is 508 g/mol. The summed E-state index contributed by atoms with van der Waals surface area (Å²) in [6.45, 7) is 0.897. The molecule has 5 heteroatoms. The van der Waals surface area contributed by atoms with Crippen LogP contribution in [0, 0.1) is 0 Å². The minimum atomic E-state index is -0.0895. The maximum atomic E-state index is 13.7. The van der Waals surface area contributed by atoms with E-state index in [9.17, 15) is 4.79 Å². The molecule has 0 amide bonds. The molecule has 1 aliphatic carbocycles. The molecule has 0 bridgehead atoms. The zero-order chi connectivity index (χ0) is 24.3. The van der Waals surface area contributed by atoms with E-state index in [0.717, 1.165) is 56.6 Å². The SMILES string of the molecule is O=C(SC(CCc1ccccc1)CCc1ccccc1)C1CCCCN1C(=S)NC1CCCCC1. The van der Waals surface area contributed by atoms with Crippen LogP contribution in [0.4, 0.5) is 0 Å². The molecule has 1 unspecified atom stereocenters. The highest BCUT2D eigenvalue weighted by atomic mass is 32.2. The van der Waals surface area contributed by atoms with Gasteiger partial charge in [0.1, 0.15) is 6.04 Å². The van der Waals surface area contributed by atoms with Crippen molar-refractivity contribution >= 4 is 34.2 Å². The molecule has 35 heavy (non-hydrogen) atoms. The summed E-state index contributed by atoms with van der Waals surface area (Å²) in [6.07, 6.45) is 13.5. The first kappa shape index (κ1) is 26.2. The van der Waals surface area contributed by atoms with Gasteiger partial charge in [0.15, 0.2) is 5.11 Å². The predicted octanol–water partition coefficient (Wildman–Crippen LogP) is 6.94. The zero-order valence-corrected chi connectivity index (χ0v) is 22.5. The van der Waals surface area contributed by atoms with Crippen molar-refractivity contribution in [3.63, 3.8) is 0 Å². The predicted molar refractivity (Wildman–Crippen MR) is 153 cm³/mol. The van der Waals surface area contributed by atoms with Crippen LogP contribution in [0.5, 0.6) is 0 Å². The van der Waals surface area contributed by atoms with Crippen LogP contribution < -0.4 is 5.32 Å². The fourth-order valence-electron chi connectivity index (χ4n) is 5.37. The minimum absolute atomic E-state index is 0.0895. The van der Waals surface area contributed by atoms with Crippen LogP contribution in [0.2, 0.25) is 0 Å². The topological polar surface area (TPSA) is 32.3 Å². The number of hydrogen-bond acceptors (Lipinski definition) is 3. The minimum Gasteiger partial charge on any atom is -0.360 e. The number of nitrogens with one attached hydrogen (secondary N) is 1. The largest absolute Gasteiger partial charge is 0.360 e. The third-order valence-corrected chi connectivity index (χ3v) is 9.11.